The maximum absolute atomic E-state index is 5.09. The fourth-order valence-electron chi connectivity index (χ4n) is 2.06. The number of imidazole rings is 1. The first kappa shape index (κ1) is 13.6. The number of aromatic nitrogens is 2. The predicted octanol–water partition coefficient (Wildman–Crippen LogP) is 2.57. The summed E-state index contributed by atoms with van der Waals surface area (Å²) in [7, 11) is 1.71. The van der Waals surface area contributed by atoms with E-state index < -0.39 is 0 Å². The zero-order chi connectivity index (χ0) is 13.5. The van der Waals surface area contributed by atoms with Crippen LogP contribution in [0.2, 0.25) is 0 Å². The van der Waals surface area contributed by atoms with Crippen LogP contribution in [0.25, 0.3) is 0 Å². The molecule has 0 aliphatic carbocycles. The van der Waals surface area contributed by atoms with E-state index in [1.807, 2.05) is 18.5 Å². The van der Waals surface area contributed by atoms with E-state index in [4.69, 9.17) is 4.74 Å². The molecule has 0 bridgehead atoms. The van der Waals surface area contributed by atoms with Crippen molar-refractivity contribution in [2.75, 3.05) is 19.0 Å². The van der Waals surface area contributed by atoms with Crippen LogP contribution in [0.4, 0.5) is 5.95 Å². The molecule has 102 valence electrons. The second-order valence-corrected chi connectivity index (χ2v) is 4.67. The van der Waals surface area contributed by atoms with Gasteiger partial charge >= 0.3 is 0 Å². The summed E-state index contributed by atoms with van der Waals surface area (Å²) in [5.41, 5.74) is 1.33. The van der Waals surface area contributed by atoms with Crippen LogP contribution in [0, 0.1) is 0 Å². The van der Waals surface area contributed by atoms with Crippen molar-refractivity contribution in [1.29, 1.82) is 0 Å². The van der Waals surface area contributed by atoms with Gasteiger partial charge in [0.1, 0.15) is 0 Å². The standard InChI is InChI=1S/C15H21N3O/c1-13(12-14-6-4-3-5-7-14)17-15-16-8-9-18(15)10-11-19-2/h3-9,13H,10-12H2,1-2H3,(H,16,17). The summed E-state index contributed by atoms with van der Waals surface area (Å²) in [4.78, 5) is 4.35. The molecule has 0 radical (unpaired) electrons. The monoisotopic (exact) mass is 259 g/mol. The summed E-state index contributed by atoms with van der Waals surface area (Å²) in [6.07, 6.45) is 4.77. The van der Waals surface area contributed by atoms with Crippen molar-refractivity contribution in [3.63, 3.8) is 0 Å². The number of benzene rings is 1. The lowest BCUT2D eigenvalue weighted by atomic mass is 10.1. The van der Waals surface area contributed by atoms with Crippen LogP contribution >= 0.6 is 0 Å². The van der Waals surface area contributed by atoms with Gasteiger partial charge in [0.15, 0.2) is 0 Å². The molecule has 1 aromatic carbocycles. The van der Waals surface area contributed by atoms with Gasteiger partial charge in [0.2, 0.25) is 5.95 Å². The number of hydrogen-bond acceptors (Lipinski definition) is 3. The Labute approximate surface area is 114 Å². The van der Waals surface area contributed by atoms with Crippen LogP contribution in [-0.4, -0.2) is 29.3 Å². The first-order valence-corrected chi connectivity index (χ1v) is 6.60. The van der Waals surface area contributed by atoms with Gasteiger partial charge in [0, 0.05) is 32.1 Å². The highest BCUT2D eigenvalue weighted by molar-refractivity contribution is 5.28. The van der Waals surface area contributed by atoms with Gasteiger partial charge in [-0.2, -0.15) is 0 Å². The lowest BCUT2D eigenvalue weighted by Crippen LogP contribution is -2.21. The summed E-state index contributed by atoms with van der Waals surface area (Å²) < 4.78 is 7.17. The molecule has 0 spiro atoms. The van der Waals surface area contributed by atoms with E-state index in [-0.39, 0.29) is 0 Å². The number of methoxy groups -OCH3 is 1. The van der Waals surface area contributed by atoms with Gasteiger partial charge in [-0.1, -0.05) is 30.3 Å². The van der Waals surface area contributed by atoms with Gasteiger partial charge in [-0.15, -0.1) is 0 Å². The third kappa shape index (κ3) is 4.10. The van der Waals surface area contributed by atoms with E-state index in [0.29, 0.717) is 12.6 Å². The molecule has 0 fully saturated rings. The van der Waals surface area contributed by atoms with Crippen molar-refractivity contribution < 1.29 is 4.74 Å². The number of anilines is 1. The zero-order valence-corrected chi connectivity index (χ0v) is 11.5. The van der Waals surface area contributed by atoms with Crippen LogP contribution in [0.1, 0.15) is 12.5 Å². The van der Waals surface area contributed by atoms with E-state index in [1.54, 1.807) is 7.11 Å². The maximum atomic E-state index is 5.09. The molecule has 2 rings (SSSR count). The van der Waals surface area contributed by atoms with Crippen molar-refractivity contribution in [3.05, 3.63) is 48.3 Å². The van der Waals surface area contributed by atoms with Crippen LogP contribution in [-0.2, 0) is 17.7 Å². The molecule has 0 saturated carbocycles. The fourth-order valence-corrected chi connectivity index (χ4v) is 2.06. The molecule has 4 heteroatoms. The van der Waals surface area contributed by atoms with Crippen LogP contribution in [0.15, 0.2) is 42.7 Å². The van der Waals surface area contributed by atoms with Crippen molar-refractivity contribution in [2.45, 2.75) is 25.9 Å². The van der Waals surface area contributed by atoms with Gasteiger partial charge < -0.3 is 14.6 Å². The van der Waals surface area contributed by atoms with E-state index in [1.165, 1.54) is 5.56 Å². The molecule has 1 aromatic heterocycles. The van der Waals surface area contributed by atoms with Crippen molar-refractivity contribution in [2.24, 2.45) is 0 Å². The van der Waals surface area contributed by atoms with Gasteiger partial charge in [-0.05, 0) is 18.9 Å². The number of nitrogens with zero attached hydrogens (tertiary/aromatic N) is 2. The summed E-state index contributed by atoms with van der Waals surface area (Å²) in [6, 6.07) is 10.8. The Hall–Kier alpha value is -1.81. The largest absolute Gasteiger partial charge is 0.383 e. The second kappa shape index (κ2) is 6.95. The first-order valence-electron chi connectivity index (χ1n) is 6.60. The van der Waals surface area contributed by atoms with Crippen molar-refractivity contribution in [3.8, 4) is 0 Å². The normalized spacial score (nSPS) is 12.3. The highest BCUT2D eigenvalue weighted by Crippen LogP contribution is 2.09. The summed E-state index contributed by atoms with van der Waals surface area (Å²) in [5.74, 6) is 0.903. The number of nitrogens with one attached hydrogen (secondary N) is 1. The third-order valence-electron chi connectivity index (χ3n) is 3.01. The third-order valence-corrected chi connectivity index (χ3v) is 3.01. The molecule has 0 saturated heterocycles. The summed E-state index contributed by atoms with van der Waals surface area (Å²) in [6.45, 7) is 3.68. The fraction of sp³-hybridized carbons (Fsp3) is 0.400. The van der Waals surface area contributed by atoms with E-state index >= 15 is 0 Å². The number of ether oxygens (including phenoxy) is 1. The van der Waals surface area contributed by atoms with E-state index in [2.05, 4.69) is 46.1 Å². The van der Waals surface area contributed by atoms with Crippen molar-refractivity contribution >= 4 is 5.95 Å². The minimum Gasteiger partial charge on any atom is -0.383 e. The van der Waals surface area contributed by atoms with E-state index in [0.717, 1.165) is 18.9 Å². The number of rotatable bonds is 7. The Morgan fingerprint density at radius 2 is 2.11 bits per heavy atom. The minimum absolute atomic E-state index is 0.339. The van der Waals surface area contributed by atoms with Gasteiger partial charge in [0.05, 0.1) is 6.61 Å². The smallest absolute Gasteiger partial charge is 0.203 e. The Kier molecular flexibility index (Phi) is 4.98. The Balaban J connectivity index is 1.91. The van der Waals surface area contributed by atoms with Crippen molar-refractivity contribution in [1.82, 2.24) is 9.55 Å². The summed E-state index contributed by atoms with van der Waals surface area (Å²) >= 11 is 0. The molecule has 4 nitrogen and oxygen atoms in total. The lowest BCUT2D eigenvalue weighted by Gasteiger charge is -2.16. The molecule has 1 heterocycles. The predicted molar refractivity (Wildman–Crippen MR) is 77.3 cm³/mol. The average molecular weight is 259 g/mol. The molecule has 0 amide bonds. The second-order valence-electron chi connectivity index (χ2n) is 4.67. The molecular formula is C15H21N3O. The Morgan fingerprint density at radius 1 is 1.32 bits per heavy atom. The van der Waals surface area contributed by atoms with Crippen LogP contribution in [0.5, 0.6) is 0 Å². The molecule has 2 aromatic rings. The van der Waals surface area contributed by atoms with E-state index in [9.17, 15) is 0 Å². The number of hydrogen-bond donors (Lipinski definition) is 1. The topological polar surface area (TPSA) is 39.1 Å². The molecule has 1 N–H and O–H groups in total. The lowest BCUT2D eigenvalue weighted by molar-refractivity contribution is 0.187. The SMILES string of the molecule is COCCn1ccnc1NC(C)Cc1ccccc1. The average Bonchev–Trinajstić information content (AvgIpc) is 2.84. The molecule has 0 aliphatic rings. The zero-order valence-electron chi connectivity index (χ0n) is 11.5. The van der Waals surface area contributed by atoms with Crippen LogP contribution < -0.4 is 5.32 Å². The van der Waals surface area contributed by atoms with Crippen LogP contribution in [0.3, 0.4) is 0 Å². The maximum Gasteiger partial charge on any atom is 0.203 e. The van der Waals surface area contributed by atoms with Gasteiger partial charge in [-0.25, -0.2) is 4.98 Å². The molecule has 0 aliphatic heterocycles. The first-order chi connectivity index (χ1) is 9.29. The molecule has 19 heavy (non-hydrogen) atoms. The molecule has 1 unspecified atom stereocenters. The Bertz CT molecular complexity index is 481. The minimum atomic E-state index is 0.339. The Morgan fingerprint density at radius 3 is 2.84 bits per heavy atom. The van der Waals surface area contributed by atoms with Gasteiger partial charge in [-0.3, -0.25) is 0 Å². The van der Waals surface area contributed by atoms with Gasteiger partial charge in [0.25, 0.3) is 0 Å². The highest BCUT2D eigenvalue weighted by atomic mass is 16.5. The highest BCUT2D eigenvalue weighted by Gasteiger charge is 2.07. The molecular weight excluding hydrogens is 238 g/mol. The quantitative estimate of drug-likeness (QED) is 0.830. The molecule has 1 atom stereocenters. The summed E-state index contributed by atoms with van der Waals surface area (Å²) in [5, 5.41) is 3.44.